The molecule has 0 saturated carbocycles. The largest absolute Gasteiger partial charge is 0.394 e. The Bertz CT molecular complexity index is 487. The van der Waals surface area contributed by atoms with Crippen LogP contribution in [-0.4, -0.2) is 36.4 Å². The molecular weight excluding hydrogens is 266 g/mol. The molecule has 1 saturated heterocycles. The van der Waals surface area contributed by atoms with Gasteiger partial charge in [0.1, 0.15) is 0 Å². The van der Waals surface area contributed by atoms with Gasteiger partial charge in [0.05, 0.1) is 12.1 Å². The van der Waals surface area contributed by atoms with E-state index in [1.165, 1.54) is 11.6 Å². The Balaban J connectivity index is 1.94. The Morgan fingerprint density at radius 3 is 2.57 bits per heavy atom. The van der Waals surface area contributed by atoms with Crippen molar-refractivity contribution >= 4 is 12.0 Å². The number of hydrogen-bond acceptors (Lipinski definition) is 3. The maximum atomic E-state index is 12.0. The lowest BCUT2D eigenvalue weighted by atomic mass is 9.91. The number of hydrogen-bond donors (Lipinski definition) is 2. The van der Waals surface area contributed by atoms with Crippen LogP contribution in [0.1, 0.15) is 30.9 Å². The van der Waals surface area contributed by atoms with Crippen molar-refractivity contribution in [2.45, 2.75) is 31.7 Å². The van der Waals surface area contributed by atoms with Gasteiger partial charge in [0.15, 0.2) is 0 Å². The Kier molecular flexibility index (Phi) is 5.53. The number of benzene rings is 1. The lowest BCUT2D eigenvalue weighted by Gasteiger charge is -2.35. The van der Waals surface area contributed by atoms with Gasteiger partial charge in [-0.2, -0.15) is 0 Å². The number of aliphatic hydroxyl groups is 1. The highest BCUT2D eigenvalue weighted by atomic mass is 16.5. The summed E-state index contributed by atoms with van der Waals surface area (Å²) < 4.78 is 5.28. The molecule has 4 heteroatoms. The number of ether oxygens (including phenoxy) is 1. The van der Waals surface area contributed by atoms with Crippen LogP contribution >= 0.6 is 0 Å². The second-order valence-corrected chi connectivity index (χ2v) is 5.47. The molecule has 2 rings (SSSR count). The average Bonchev–Trinajstić information content (AvgIpc) is 2.54. The second kappa shape index (κ2) is 7.38. The zero-order chi connectivity index (χ0) is 15.1. The first-order chi connectivity index (χ1) is 10.2. The van der Waals surface area contributed by atoms with E-state index < -0.39 is 5.54 Å². The van der Waals surface area contributed by atoms with E-state index in [0.717, 1.165) is 12.0 Å². The molecule has 0 unspecified atom stereocenters. The molecule has 114 valence electrons. The van der Waals surface area contributed by atoms with Gasteiger partial charge in [0.25, 0.3) is 0 Å². The van der Waals surface area contributed by atoms with Crippen molar-refractivity contribution in [3.8, 4) is 0 Å². The van der Waals surface area contributed by atoms with E-state index in [9.17, 15) is 9.90 Å². The van der Waals surface area contributed by atoms with E-state index in [1.807, 2.05) is 12.1 Å². The van der Waals surface area contributed by atoms with Crippen LogP contribution in [0.5, 0.6) is 0 Å². The van der Waals surface area contributed by atoms with Crippen LogP contribution in [0.25, 0.3) is 6.08 Å². The molecule has 1 amide bonds. The third-order valence-electron chi connectivity index (χ3n) is 3.96. The Hall–Kier alpha value is -1.65. The first-order valence-corrected chi connectivity index (χ1v) is 7.45. The minimum absolute atomic E-state index is 0.0544. The van der Waals surface area contributed by atoms with Gasteiger partial charge in [-0.25, -0.2) is 0 Å². The van der Waals surface area contributed by atoms with Crippen LogP contribution in [0.15, 0.2) is 30.3 Å². The van der Waals surface area contributed by atoms with E-state index in [-0.39, 0.29) is 12.5 Å². The van der Waals surface area contributed by atoms with Crippen molar-refractivity contribution in [2.24, 2.45) is 0 Å². The molecule has 1 aliphatic heterocycles. The van der Waals surface area contributed by atoms with Crippen molar-refractivity contribution in [1.29, 1.82) is 0 Å². The molecule has 0 aromatic heterocycles. The summed E-state index contributed by atoms with van der Waals surface area (Å²) in [4.78, 5) is 12.0. The molecule has 0 radical (unpaired) electrons. The Morgan fingerprint density at radius 1 is 1.33 bits per heavy atom. The molecular formula is C17H23NO3. The van der Waals surface area contributed by atoms with Crippen LogP contribution in [-0.2, 0) is 16.0 Å². The maximum absolute atomic E-state index is 12.0. The molecule has 4 nitrogen and oxygen atoms in total. The fourth-order valence-electron chi connectivity index (χ4n) is 2.42. The van der Waals surface area contributed by atoms with Crippen molar-refractivity contribution < 1.29 is 14.6 Å². The number of carbonyl (C=O) groups is 1. The van der Waals surface area contributed by atoms with E-state index in [4.69, 9.17) is 4.74 Å². The quantitative estimate of drug-likeness (QED) is 0.814. The zero-order valence-electron chi connectivity index (χ0n) is 12.5. The predicted octanol–water partition coefficient (Wildman–Crippen LogP) is 1.92. The number of rotatable bonds is 5. The summed E-state index contributed by atoms with van der Waals surface area (Å²) in [5, 5.41) is 12.5. The molecule has 1 aromatic carbocycles. The summed E-state index contributed by atoms with van der Waals surface area (Å²) in [6, 6.07) is 8.12. The molecule has 0 aliphatic carbocycles. The first-order valence-electron chi connectivity index (χ1n) is 7.45. The fourth-order valence-corrected chi connectivity index (χ4v) is 2.42. The first kappa shape index (κ1) is 15.7. The van der Waals surface area contributed by atoms with Crippen LogP contribution < -0.4 is 5.32 Å². The van der Waals surface area contributed by atoms with Gasteiger partial charge < -0.3 is 15.2 Å². The van der Waals surface area contributed by atoms with Gasteiger partial charge in [0, 0.05) is 19.3 Å². The molecule has 1 aliphatic rings. The van der Waals surface area contributed by atoms with Gasteiger partial charge in [-0.05, 0) is 36.5 Å². The van der Waals surface area contributed by atoms with E-state index in [1.54, 1.807) is 6.08 Å². The van der Waals surface area contributed by atoms with Crippen molar-refractivity contribution in [2.75, 3.05) is 19.8 Å². The molecule has 2 N–H and O–H groups in total. The summed E-state index contributed by atoms with van der Waals surface area (Å²) >= 11 is 0. The van der Waals surface area contributed by atoms with Crippen LogP contribution in [0, 0.1) is 0 Å². The van der Waals surface area contributed by atoms with Crippen LogP contribution in [0.4, 0.5) is 0 Å². The van der Waals surface area contributed by atoms with E-state index in [2.05, 4.69) is 24.4 Å². The highest BCUT2D eigenvalue weighted by Gasteiger charge is 2.32. The van der Waals surface area contributed by atoms with Gasteiger partial charge in [-0.3, -0.25) is 4.79 Å². The highest BCUT2D eigenvalue weighted by molar-refractivity contribution is 5.92. The SMILES string of the molecule is CCc1ccc(/C=C/C(=O)NC2(CO)CCOCC2)cc1. The minimum atomic E-state index is -0.536. The fraction of sp³-hybridized carbons (Fsp3) is 0.471. The molecule has 1 fully saturated rings. The topological polar surface area (TPSA) is 58.6 Å². The van der Waals surface area contributed by atoms with Gasteiger partial charge in [-0.1, -0.05) is 31.2 Å². The lowest BCUT2D eigenvalue weighted by Crippen LogP contribution is -2.54. The van der Waals surface area contributed by atoms with Crippen LogP contribution in [0.2, 0.25) is 0 Å². The predicted molar refractivity (Wildman–Crippen MR) is 82.9 cm³/mol. The van der Waals surface area contributed by atoms with Crippen molar-refractivity contribution in [3.05, 3.63) is 41.5 Å². The second-order valence-electron chi connectivity index (χ2n) is 5.47. The normalized spacial score (nSPS) is 17.8. The molecule has 0 atom stereocenters. The summed E-state index contributed by atoms with van der Waals surface area (Å²) in [7, 11) is 0. The summed E-state index contributed by atoms with van der Waals surface area (Å²) in [5.41, 5.74) is 1.73. The van der Waals surface area contributed by atoms with E-state index >= 15 is 0 Å². The molecule has 21 heavy (non-hydrogen) atoms. The molecule has 0 bridgehead atoms. The van der Waals surface area contributed by atoms with Gasteiger partial charge >= 0.3 is 0 Å². The maximum Gasteiger partial charge on any atom is 0.244 e. The van der Waals surface area contributed by atoms with Crippen molar-refractivity contribution in [3.63, 3.8) is 0 Å². The lowest BCUT2D eigenvalue weighted by molar-refractivity contribution is -0.120. The third kappa shape index (κ3) is 4.41. The number of aryl methyl sites for hydroxylation is 1. The smallest absolute Gasteiger partial charge is 0.244 e. The molecule has 0 spiro atoms. The summed E-state index contributed by atoms with van der Waals surface area (Å²) in [5.74, 6) is -0.175. The minimum Gasteiger partial charge on any atom is -0.394 e. The van der Waals surface area contributed by atoms with Gasteiger partial charge in [0.2, 0.25) is 5.91 Å². The summed E-state index contributed by atoms with van der Waals surface area (Å²) in [6.07, 6.45) is 5.61. The number of nitrogens with one attached hydrogen (secondary N) is 1. The Labute approximate surface area is 125 Å². The highest BCUT2D eigenvalue weighted by Crippen LogP contribution is 2.20. The number of aliphatic hydroxyl groups excluding tert-OH is 1. The number of amides is 1. The number of carbonyl (C=O) groups excluding carboxylic acids is 1. The van der Waals surface area contributed by atoms with Gasteiger partial charge in [-0.15, -0.1) is 0 Å². The standard InChI is InChI=1S/C17H23NO3/c1-2-14-3-5-15(6-4-14)7-8-16(20)18-17(13-19)9-11-21-12-10-17/h3-8,19H,2,9-13H2,1H3,(H,18,20)/b8-7+. The Morgan fingerprint density at radius 2 is 2.00 bits per heavy atom. The summed E-state index contributed by atoms with van der Waals surface area (Å²) in [6.45, 7) is 3.20. The van der Waals surface area contributed by atoms with Crippen molar-refractivity contribution in [1.82, 2.24) is 5.32 Å². The monoisotopic (exact) mass is 289 g/mol. The third-order valence-corrected chi connectivity index (χ3v) is 3.96. The molecule has 1 aromatic rings. The van der Waals surface area contributed by atoms with Crippen LogP contribution in [0.3, 0.4) is 0 Å². The zero-order valence-corrected chi connectivity index (χ0v) is 12.5. The molecule has 1 heterocycles. The van der Waals surface area contributed by atoms with E-state index in [0.29, 0.717) is 26.1 Å². The average molecular weight is 289 g/mol.